The minimum atomic E-state index is -0.191. The lowest BCUT2D eigenvalue weighted by atomic mass is 9.51. The molecule has 0 unspecified atom stereocenters. The summed E-state index contributed by atoms with van der Waals surface area (Å²) in [6.45, 7) is 4.93. The number of nitrogens with one attached hydrogen (secondary N) is 1. The summed E-state index contributed by atoms with van der Waals surface area (Å²) in [6.07, 6.45) is 8.56. The molecule has 1 amide bonds. The molecular weight excluding hydrogens is 407 g/mol. The van der Waals surface area contributed by atoms with Crippen LogP contribution in [0, 0.1) is 10.8 Å². The number of hydrogen-bond donors (Lipinski definition) is 2. The molecule has 0 atom stereocenters. The molecule has 6 heteroatoms. The summed E-state index contributed by atoms with van der Waals surface area (Å²) in [5, 5.41) is 3.32. The number of rotatable bonds is 8. The minimum absolute atomic E-state index is 0.153. The van der Waals surface area contributed by atoms with Crippen LogP contribution in [0.15, 0.2) is 36.2 Å². The van der Waals surface area contributed by atoms with Crippen LogP contribution in [-0.4, -0.2) is 38.8 Å². The van der Waals surface area contributed by atoms with Crippen LogP contribution < -0.4 is 15.8 Å². The highest BCUT2D eigenvalue weighted by molar-refractivity contribution is 5.83. The number of nitrogens with two attached hydrogens (primary N) is 1. The maximum Gasteiger partial charge on any atom is 0.226 e. The van der Waals surface area contributed by atoms with Gasteiger partial charge < -0.3 is 20.5 Å². The van der Waals surface area contributed by atoms with E-state index in [1.807, 2.05) is 12.1 Å². The van der Waals surface area contributed by atoms with Crippen molar-refractivity contribution >= 4 is 5.91 Å². The quantitative estimate of drug-likeness (QED) is 0.623. The molecule has 1 aromatic carbocycles. The molecule has 176 valence electrons. The Bertz CT molecular complexity index is 805. The van der Waals surface area contributed by atoms with E-state index in [4.69, 9.17) is 15.2 Å². The highest BCUT2D eigenvalue weighted by Gasteiger charge is 2.53. The molecule has 1 heterocycles. The average molecular weight is 445 g/mol. The number of fused-ring (bicyclic) bond motifs is 3. The second-order valence-corrected chi connectivity index (χ2v) is 10.5. The Morgan fingerprint density at radius 1 is 1.09 bits per heavy atom. The first-order valence-electron chi connectivity index (χ1n) is 12.0. The van der Waals surface area contributed by atoms with E-state index in [2.05, 4.69) is 24.4 Å². The molecule has 3 aliphatic carbocycles. The fraction of sp³-hybridized carbons (Fsp3) is 0.654. The smallest absolute Gasteiger partial charge is 0.226 e. The zero-order chi connectivity index (χ0) is 22.7. The first-order valence-corrected chi connectivity index (χ1v) is 12.0. The van der Waals surface area contributed by atoms with Crippen LogP contribution in [0.3, 0.4) is 0 Å². The third-order valence-corrected chi connectivity index (χ3v) is 8.41. The molecule has 4 fully saturated rings. The van der Waals surface area contributed by atoms with Crippen LogP contribution in [0.5, 0.6) is 5.75 Å². The van der Waals surface area contributed by atoms with Gasteiger partial charge >= 0.3 is 0 Å². The first kappa shape index (κ1) is 23.2. The molecule has 32 heavy (non-hydrogen) atoms. The molecule has 2 bridgehead atoms. The molecule has 5 nitrogen and oxygen atoms in total. The third kappa shape index (κ3) is 4.72. The molecule has 1 aliphatic heterocycles. The number of ether oxygens (including phenoxy) is 2. The van der Waals surface area contributed by atoms with Crippen molar-refractivity contribution in [1.29, 1.82) is 0 Å². The van der Waals surface area contributed by atoms with Crippen molar-refractivity contribution in [2.75, 3.05) is 32.9 Å². The largest absolute Gasteiger partial charge is 0.489 e. The van der Waals surface area contributed by atoms with Gasteiger partial charge in [0.15, 0.2) is 0 Å². The Kier molecular flexibility index (Phi) is 6.91. The van der Waals surface area contributed by atoms with E-state index in [1.165, 1.54) is 5.56 Å². The standard InChI is InChI=1S/C26H37FN2O3/c1-24(12-14-31-15-13-24)19-29-23(30)26-9-6-25(7-10-26,8-11-26)21-2-4-22(5-3-21)32-18-20(16-27)17-28/h2-5,16H,6-15,17-19,28H2,1H3,(H,29,30). The first-order chi connectivity index (χ1) is 15.4. The van der Waals surface area contributed by atoms with Gasteiger partial charge in [-0.3, -0.25) is 4.79 Å². The summed E-state index contributed by atoms with van der Waals surface area (Å²) < 4.78 is 23.8. The number of carbonyl (C=O) groups excluding carboxylic acids is 1. The summed E-state index contributed by atoms with van der Waals surface area (Å²) >= 11 is 0. The average Bonchev–Trinajstić information content (AvgIpc) is 2.85. The van der Waals surface area contributed by atoms with E-state index in [0.717, 1.165) is 76.9 Å². The topological polar surface area (TPSA) is 73.6 Å². The molecular formula is C26H37FN2O3. The number of amides is 1. The second-order valence-electron chi connectivity index (χ2n) is 10.5. The predicted octanol–water partition coefficient (Wildman–Crippen LogP) is 4.40. The van der Waals surface area contributed by atoms with Gasteiger partial charge in [-0.1, -0.05) is 19.1 Å². The van der Waals surface area contributed by atoms with Crippen molar-refractivity contribution in [2.45, 2.75) is 63.7 Å². The van der Waals surface area contributed by atoms with Gasteiger partial charge in [-0.05, 0) is 79.9 Å². The van der Waals surface area contributed by atoms with Crippen molar-refractivity contribution in [3.63, 3.8) is 0 Å². The Labute approximate surface area is 190 Å². The zero-order valence-electron chi connectivity index (χ0n) is 19.3. The fourth-order valence-corrected chi connectivity index (χ4v) is 5.70. The normalized spacial score (nSPS) is 29.5. The van der Waals surface area contributed by atoms with Gasteiger partial charge in [0.25, 0.3) is 0 Å². The third-order valence-electron chi connectivity index (χ3n) is 8.41. The van der Waals surface area contributed by atoms with Gasteiger partial charge in [0.1, 0.15) is 12.4 Å². The molecule has 0 radical (unpaired) electrons. The summed E-state index contributed by atoms with van der Waals surface area (Å²) in [5.74, 6) is 0.985. The molecule has 3 saturated carbocycles. The Morgan fingerprint density at radius 2 is 1.72 bits per heavy atom. The van der Waals surface area contributed by atoms with E-state index in [1.54, 1.807) is 0 Å². The van der Waals surface area contributed by atoms with Crippen LogP contribution in [0.2, 0.25) is 0 Å². The maximum absolute atomic E-state index is 13.2. The van der Waals surface area contributed by atoms with Gasteiger partial charge in [-0.25, -0.2) is 4.39 Å². The fourth-order valence-electron chi connectivity index (χ4n) is 5.70. The van der Waals surface area contributed by atoms with Crippen LogP contribution in [0.1, 0.15) is 63.9 Å². The molecule has 5 rings (SSSR count). The molecule has 4 aliphatic rings. The second kappa shape index (κ2) is 9.52. The van der Waals surface area contributed by atoms with Crippen LogP contribution in [-0.2, 0) is 14.9 Å². The Balaban J connectivity index is 1.33. The van der Waals surface area contributed by atoms with Gasteiger partial charge in [0.2, 0.25) is 5.91 Å². The molecule has 0 aromatic heterocycles. The molecule has 3 N–H and O–H groups in total. The lowest BCUT2D eigenvalue weighted by Crippen LogP contribution is -2.53. The van der Waals surface area contributed by atoms with E-state index in [-0.39, 0.29) is 35.3 Å². The molecule has 1 aromatic rings. The minimum Gasteiger partial charge on any atom is -0.489 e. The zero-order valence-corrected chi connectivity index (χ0v) is 19.3. The Hall–Kier alpha value is -1.92. The van der Waals surface area contributed by atoms with Crippen LogP contribution in [0.4, 0.5) is 4.39 Å². The van der Waals surface area contributed by atoms with E-state index >= 15 is 0 Å². The summed E-state index contributed by atoms with van der Waals surface area (Å²) in [7, 11) is 0. The summed E-state index contributed by atoms with van der Waals surface area (Å²) in [4.78, 5) is 13.2. The van der Waals surface area contributed by atoms with Crippen molar-refractivity contribution < 1.29 is 18.7 Å². The highest BCUT2D eigenvalue weighted by atomic mass is 19.1. The van der Waals surface area contributed by atoms with Crippen molar-refractivity contribution in [3.05, 3.63) is 41.7 Å². The van der Waals surface area contributed by atoms with E-state index in [9.17, 15) is 9.18 Å². The van der Waals surface area contributed by atoms with E-state index in [0.29, 0.717) is 11.9 Å². The number of halogens is 1. The number of carbonyl (C=O) groups is 1. The summed E-state index contributed by atoms with van der Waals surface area (Å²) in [5.41, 5.74) is 7.38. The van der Waals surface area contributed by atoms with Crippen molar-refractivity contribution in [3.8, 4) is 5.75 Å². The molecule has 0 spiro atoms. The van der Waals surface area contributed by atoms with Gasteiger partial charge in [-0.15, -0.1) is 0 Å². The highest BCUT2D eigenvalue weighted by Crippen LogP contribution is 2.58. The van der Waals surface area contributed by atoms with Crippen molar-refractivity contribution in [1.82, 2.24) is 5.32 Å². The van der Waals surface area contributed by atoms with Crippen LogP contribution in [0.25, 0.3) is 0 Å². The maximum atomic E-state index is 13.2. The predicted molar refractivity (Wildman–Crippen MR) is 123 cm³/mol. The van der Waals surface area contributed by atoms with Crippen molar-refractivity contribution in [2.24, 2.45) is 16.6 Å². The lowest BCUT2D eigenvalue weighted by molar-refractivity contribution is -0.138. The monoisotopic (exact) mass is 444 g/mol. The summed E-state index contributed by atoms with van der Waals surface area (Å²) in [6, 6.07) is 8.21. The number of hydrogen-bond acceptors (Lipinski definition) is 4. The Morgan fingerprint density at radius 3 is 2.28 bits per heavy atom. The molecule has 1 saturated heterocycles. The van der Waals surface area contributed by atoms with E-state index < -0.39 is 0 Å². The van der Waals surface area contributed by atoms with Crippen LogP contribution >= 0.6 is 0 Å². The van der Waals surface area contributed by atoms with Gasteiger partial charge in [0, 0.05) is 37.3 Å². The SMILES string of the molecule is CC1(CNC(=O)C23CCC(c4ccc(OCC(=CF)CN)cc4)(CC2)CC3)CCOCC1. The number of benzene rings is 1. The lowest BCUT2D eigenvalue weighted by Gasteiger charge is -2.53. The van der Waals surface area contributed by atoms with Gasteiger partial charge in [0.05, 0.1) is 6.33 Å². The van der Waals surface area contributed by atoms with Gasteiger partial charge in [-0.2, -0.15) is 0 Å².